The average Bonchev–Trinajstić information content (AvgIpc) is 3.51. The lowest BCUT2D eigenvalue weighted by atomic mass is 9.96. The first-order valence-corrected chi connectivity index (χ1v) is 12.3. The maximum Gasteiger partial charge on any atom is 0.235 e. The predicted molar refractivity (Wildman–Crippen MR) is 121 cm³/mol. The molecule has 1 amide bonds. The van der Waals surface area contributed by atoms with Crippen LogP contribution >= 0.6 is 11.8 Å². The molecule has 2 aromatic rings. The standard InChI is InChI=1S/C22H27F3N4O6S/c1-26-20(33)19(22(34)4-2-3-5-22)36-21-18(32)16(17(31)14(9-30)35-21)29-8-13(27-28-29)10-6-11(23)15(25)12(24)7-10/h6-8,14,16-19,21,30-32,34H,2-5,9H2,1H3,(H,26,33)/t14-,16+,17+,18-,19?,21+/m1/s1. The highest BCUT2D eigenvalue weighted by molar-refractivity contribution is 8.01. The topological polar surface area (TPSA) is 150 Å². The van der Waals surface area contributed by atoms with Crippen LogP contribution in [0, 0.1) is 17.5 Å². The van der Waals surface area contributed by atoms with E-state index < -0.39 is 70.6 Å². The van der Waals surface area contributed by atoms with Crippen LogP contribution in [-0.2, 0) is 9.53 Å². The molecule has 1 saturated heterocycles. The highest BCUT2D eigenvalue weighted by atomic mass is 32.2. The van der Waals surface area contributed by atoms with Gasteiger partial charge in [0.2, 0.25) is 5.91 Å². The number of thioether (sulfide) groups is 1. The van der Waals surface area contributed by atoms with Crippen LogP contribution in [0.3, 0.4) is 0 Å². The molecule has 10 nitrogen and oxygen atoms in total. The number of ether oxygens (including phenoxy) is 1. The van der Waals surface area contributed by atoms with Gasteiger partial charge in [0, 0.05) is 12.6 Å². The zero-order valence-electron chi connectivity index (χ0n) is 19.2. The van der Waals surface area contributed by atoms with Crippen LogP contribution in [0.15, 0.2) is 18.3 Å². The van der Waals surface area contributed by atoms with E-state index in [-0.39, 0.29) is 11.3 Å². The summed E-state index contributed by atoms with van der Waals surface area (Å²) in [6.45, 7) is -0.633. The first-order valence-electron chi connectivity index (χ1n) is 11.4. The average molecular weight is 533 g/mol. The summed E-state index contributed by atoms with van der Waals surface area (Å²) in [5, 5.41) is 52.0. The Labute approximate surface area is 208 Å². The van der Waals surface area contributed by atoms with Gasteiger partial charge in [-0.3, -0.25) is 4.79 Å². The normalized spacial score (nSPS) is 28.7. The lowest BCUT2D eigenvalue weighted by Crippen LogP contribution is -2.57. The van der Waals surface area contributed by atoms with Crippen molar-refractivity contribution in [2.75, 3.05) is 13.7 Å². The monoisotopic (exact) mass is 532 g/mol. The van der Waals surface area contributed by atoms with Gasteiger partial charge in [-0.2, -0.15) is 0 Å². The Morgan fingerprint density at radius 2 is 1.89 bits per heavy atom. The molecule has 4 rings (SSSR count). The summed E-state index contributed by atoms with van der Waals surface area (Å²) in [7, 11) is 1.42. The van der Waals surface area contributed by atoms with Crippen molar-refractivity contribution in [2.45, 2.75) is 66.3 Å². The van der Waals surface area contributed by atoms with Crippen molar-refractivity contribution in [2.24, 2.45) is 0 Å². The first-order chi connectivity index (χ1) is 17.1. The van der Waals surface area contributed by atoms with Gasteiger partial charge in [-0.25, -0.2) is 17.9 Å². The van der Waals surface area contributed by atoms with Crippen LogP contribution in [-0.4, -0.2) is 89.6 Å². The maximum absolute atomic E-state index is 13.7. The molecule has 198 valence electrons. The van der Waals surface area contributed by atoms with Gasteiger partial charge in [-0.1, -0.05) is 18.1 Å². The molecule has 2 aliphatic rings. The molecule has 1 saturated carbocycles. The molecule has 1 aliphatic carbocycles. The van der Waals surface area contributed by atoms with Crippen molar-refractivity contribution in [3.05, 3.63) is 35.8 Å². The molecule has 2 heterocycles. The Hall–Kier alpha value is -2.23. The van der Waals surface area contributed by atoms with Gasteiger partial charge in [0.15, 0.2) is 17.5 Å². The third-order valence-corrected chi connectivity index (χ3v) is 8.24. The highest BCUT2D eigenvalue weighted by Crippen LogP contribution is 2.43. The van der Waals surface area contributed by atoms with Gasteiger partial charge in [-0.05, 0) is 25.0 Å². The summed E-state index contributed by atoms with van der Waals surface area (Å²) >= 11 is 0.872. The Morgan fingerprint density at radius 3 is 2.47 bits per heavy atom. The van der Waals surface area contributed by atoms with Gasteiger partial charge in [-0.15, -0.1) is 16.9 Å². The van der Waals surface area contributed by atoms with E-state index in [0.29, 0.717) is 12.8 Å². The molecule has 1 aliphatic heterocycles. The van der Waals surface area contributed by atoms with Crippen LogP contribution in [0.4, 0.5) is 13.2 Å². The van der Waals surface area contributed by atoms with Crippen LogP contribution < -0.4 is 5.32 Å². The second-order valence-corrected chi connectivity index (χ2v) is 10.2. The minimum absolute atomic E-state index is 0.0630. The van der Waals surface area contributed by atoms with Crippen molar-refractivity contribution in [3.8, 4) is 11.3 Å². The van der Waals surface area contributed by atoms with Crippen molar-refractivity contribution >= 4 is 17.7 Å². The van der Waals surface area contributed by atoms with E-state index in [1.807, 2.05) is 0 Å². The number of rotatable bonds is 7. The molecule has 36 heavy (non-hydrogen) atoms. The summed E-state index contributed by atoms with van der Waals surface area (Å²) in [5.74, 6) is -4.95. The minimum Gasteiger partial charge on any atom is -0.394 e. The number of halogens is 3. The molecule has 0 bridgehead atoms. The van der Waals surface area contributed by atoms with Gasteiger partial charge >= 0.3 is 0 Å². The molecule has 5 N–H and O–H groups in total. The number of hydrogen-bond acceptors (Lipinski definition) is 9. The Balaban J connectivity index is 1.63. The zero-order valence-corrected chi connectivity index (χ0v) is 20.0. The fourth-order valence-electron chi connectivity index (χ4n) is 4.70. The predicted octanol–water partition coefficient (Wildman–Crippen LogP) is 0.495. The smallest absolute Gasteiger partial charge is 0.235 e. The van der Waals surface area contributed by atoms with E-state index in [1.165, 1.54) is 13.2 Å². The number of amides is 1. The number of aliphatic hydroxyl groups is 4. The number of nitrogens with zero attached hydrogens (tertiary/aromatic N) is 3. The third kappa shape index (κ3) is 4.97. The Morgan fingerprint density at radius 1 is 1.25 bits per heavy atom. The Bertz CT molecular complexity index is 1080. The SMILES string of the molecule is CNC(=O)C(S[C@@H]1O[C@H](CO)[C@H](O)[C@H](n2cc(-c3cc(F)c(F)c(F)c3)nn2)[C@H]1O)C1(O)CCCC1. The van der Waals surface area contributed by atoms with Crippen molar-refractivity contribution in [1.29, 1.82) is 0 Å². The largest absolute Gasteiger partial charge is 0.394 e. The van der Waals surface area contributed by atoms with Crippen LogP contribution in [0.25, 0.3) is 11.3 Å². The van der Waals surface area contributed by atoms with Gasteiger partial charge in [0.25, 0.3) is 0 Å². The minimum atomic E-state index is -1.64. The molecule has 2 fully saturated rings. The van der Waals surface area contributed by atoms with E-state index >= 15 is 0 Å². The number of carbonyl (C=O) groups excluding carboxylic acids is 1. The van der Waals surface area contributed by atoms with Crippen LogP contribution in [0.5, 0.6) is 0 Å². The molecule has 14 heteroatoms. The molecule has 0 radical (unpaired) electrons. The van der Waals surface area contributed by atoms with E-state index in [1.54, 1.807) is 0 Å². The van der Waals surface area contributed by atoms with Crippen LogP contribution in [0.2, 0.25) is 0 Å². The van der Waals surface area contributed by atoms with E-state index in [0.717, 1.165) is 41.4 Å². The number of carbonyl (C=O) groups is 1. The molecule has 0 spiro atoms. The summed E-state index contributed by atoms with van der Waals surface area (Å²) in [4.78, 5) is 12.6. The number of aromatic nitrogens is 3. The first kappa shape index (κ1) is 26.8. The fraction of sp³-hybridized carbons (Fsp3) is 0.591. The number of hydrogen-bond donors (Lipinski definition) is 5. The zero-order chi connectivity index (χ0) is 26.2. The molecule has 6 atom stereocenters. The van der Waals surface area contributed by atoms with Crippen molar-refractivity contribution in [1.82, 2.24) is 20.3 Å². The number of nitrogens with one attached hydrogen (secondary N) is 1. The molecular formula is C22H27F3N4O6S. The van der Waals surface area contributed by atoms with E-state index in [2.05, 4.69) is 15.6 Å². The lowest BCUT2D eigenvalue weighted by Gasteiger charge is -2.43. The van der Waals surface area contributed by atoms with Crippen LogP contribution in [0.1, 0.15) is 31.7 Å². The van der Waals surface area contributed by atoms with E-state index in [4.69, 9.17) is 4.74 Å². The quantitative estimate of drug-likeness (QED) is 0.321. The van der Waals surface area contributed by atoms with Crippen molar-refractivity contribution in [3.63, 3.8) is 0 Å². The molecule has 1 aromatic carbocycles. The van der Waals surface area contributed by atoms with E-state index in [9.17, 15) is 38.4 Å². The second kappa shape index (κ2) is 10.6. The second-order valence-electron chi connectivity index (χ2n) is 8.98. The molecular weight excluding hydrogens is 505 g/mol. The molecule has 1 aromatic heterocycles. The summed E-state index contributed by atoms with van der Waals surface area (Å²) in [6.07, 6.45) is -0.746. The Kier molecular flexibility index (Phi) is 7.92. The molecule has 1 unspecified atom stereocenters. The third-order valence-electron chi connectivity index (χ3n) is 6.66. The number of aliphatic hydroxyl groups excluding tert-OH is 3. The summed E-state index contributed by atoms with van der Waals surface area (Å²) in [5.41, 5.74) is -2.69. The lowest BCUT2D eigenvalue weighted by molar-refractivity contribution is -0.179. The van der Waals surface area contributed by atoms with Gasteiger partial charge in [0.1, 0.15) is 40.7 Å². The number of benzene rings is 1. The summed E-state index contributed by atoms with van der Waals surface area (Å²) in [6, 6.07) is 0.220. The summed E-state index contributed by atoms with van der Waals surface area (Å²) < 4.78 is 47.5. The van der Waals surface area contributed by atoms with Crippen molar-refractivity contribution < 1.29 is 43.1 Å². The van der Waals surface area contributed by atoms with Gasteiger partial charge < -0.3 is 30.5 Å². The fourth-order valence-corrected chi connectivity index (χ4v) is 6.23. The highest BCUT2D eigenvalue weighted by Gasteiger charge is 2.51. The van der Waals surface area contributed by atoms with Gasteiger partial charge in [0.05, 0.1) is 18.4 Å². The maximum atomic E-state index is 13.7.